The zero-order valence-electron chi connectivity index (χ0n) is 13.8. The van der Waals surface area contributed by atoms with Gasteiger partial charge in [-0.25, -0.2) is 4.98 Å². The van der Waals surface area contributed by atoms with Crippen LogP contribution in [-0.2, 0) is 7.05 Å². The van der Waals surface area contributed by atoms with Crippen molar-refractivity contribution in [2.24, 2.45) is 13.0 Å². The van der Waals surface area contributed by atoms with Crippen LogP contribution in [0.3, 0.4) is 0 Å². The number of amides is 1. The number of fused-ring (bicyclic) bond motifs is 1. The largest absolute Gasteiger partial charge is 0.349 e. The molecule has 1 aliphatic carbocycles. The average molecular weight is 300 g/mol. The first kappa shape index (κ1) is 15.0. The predicted octanol–water partition coefficient (Wildman–Crippen LogP) is 2.89. The van der Waals surface area contributed by atoms with E-state index in [0.717, 1.165) is 41.2 Å². The van der Waals surface area contributed by atoms with Gasteiger partial charge in [0, 0.05) is 18.8 Å². The van der Waals surface area contributed by atoms with Crippen LogP contribution in [0, 0.1) is 19.8 Å². The van der Waals surface area contributed by atoms with Crippen LogP contribution >= 0.6 is 0 Å². The summed E-state index contributed by atoms with van der Waals surface area (Å²) in [6, 6.07) is 2.17. The number of aromatic nitrogens is 3. The van der Waals surface area contributed by atoms with Gasteiger partial charge in [-0.1, -0.05) is 6.92 Å². The molecule has 1 aliphatic rings. The molecule has 0 aromatic carbocycles. The van der Waals surface area contributed by atoms with Gasteiger partial charge in [-0.05, 0) is 51.5 Å². The third-order valence-electron chi connectivity index (χ3n) is 4.69. The quantitative estimate of drug-likeness (QED) is 0.927. The number of aryl methyl sites for hydroxylation is 3. The van der Waals surface area contributed by atoms with Crippen LogP contribution in [0.5, 0.6) is 0 Å². The second-order valence-electron chi connectivity index (χ2n) is 6.65. The van der Waals surface area contributed by atoms with Gasteiger partial charge in [0.2, 0.25) is 0 Å². The summed E-state index contributed by atoms with van der Waals surface area (Å²) in [5.41, 5.74) is 3.18. The molecule has 2 aromatic rings. The Labute approximate surface area is 131 Å². The standard InChI is InChI=1S/C17H24N4O/c1-10-5-7-13(8-6-10)19-17(22)14-9-11(2)18-16-15(14)12(3)20-21(16)4/h9-10,13H,5-8H2,1-4H3,(H,19,22). The highest BCUT2D eigenvalue weighted by molar-refractivity contribution is 6.06. The molecule has 0 aliphatic heterocycles. The van der Waals surface area contributed by atoms with Crippen molar-refractivity contribution >= 4 is 16.9 Å². The van der Waals surface area contributed by atoms with Crippen LogP contribution in [0.4, 0.5) is 0 Å². The van der Waals surface area contributed by atoms with E-state index in [4.69, 9.17) is 0 Å². The fraction of sp³-hybridized carbons (Fsp3) is 0.588. The third-order valence-corrected chi connectivity index (χ3v) is 4.69. The molecule has 5 nitrogen and oxygen atoms in total. The Morgan fingerprint density at radius 2 is 1.95 bits per heavy atom. The summed E-state index contributed by atoms with van der Waals surface area (Å²) >= 11 is 0. The van der Waals surface area contributed by atoms with E-state index in [9.17, 15) is 4.79 Å². The van der Waals surface area contributed by atoms with Gasteiger partial charge < -0.3 is 5.32 Å². The van der Waals surface area contributed by atoms with E-state index < -0.39 is 0 Å². The molecule has 0 saturated heterocycles. The zero-order chi connectivity index (χ0) is 15.9. The Bertz CT molecular complexity index is 711. The van der Waals surface area contributed by atoms with Gasteiger partial charge in [0.05, 0.1) is 16.6 Å². The van der Waals surface area contributed by atoms with E-state index >= 15 is 0 Å². The van der Waals surface area contributed by atoms with Crippen molar-refractivity contribution in [1.29, 1.82) is 0 Å². The lowest BCUT2D eigenvalue weighted by Gasteiger charge is -2.27. The van der Waals surface area contributed by atoms with Crippen LogP contribution in [0.2, 0.25) is 0 Å². The van der Waals surface area contributed by atoms with Crippen molar-refractivity contribution in [1.82, 2.24) is 20.1 Å². The molecule has 5 heteroatoms. The summed E-state index contributed by atoms with van der Waals surface area (Å²) in [5, 5.41) is 8.48. The van der Waals surface area contributed by atoms with Crippen LogP contribution in [0.25, 0.3) is 11.0 Å². The molecule has 118 valence electrons. The highest BCUT2D eigenvalue weighted by Crippen LogP contribution is 2.25. The second kappa shape index (κ2) is 5.71. The number of carbonyl (C=O) groups excluding carboxylic acids is 1. The molecule has 1 amide bonds. The number of nitrogens with one attached hydrogen (secondary N) is 1. The highest BCUT2D eigenvalue weighted by Gasteiger charge is 2.23. The maximum absolute atomic E-state index is 12.7. The van der Waals surface area contributed by atoms with Crippen molar-refractivity contribution in [3.63, 3.8) is 0 Å². The molecule has 0 atom stereocenters. The molecule has 1 N–H and O–H groups in total. The summed E-state index contributed by atoms with van der Waals surface area (Å²) in [7, 11) is 1.87. The SMILES string of the molecule is Cc1cc(C(=O)NC2CCC(C)CC2)c2c(C)nn(C)c2n1. The van der Waals surface area contributed by atoms with Crippen molar-refractivity contribution in [2.75, 3.05) is 0 Å². The van der Waals surface area contributed by atoms with Crippen LogP contribution in [-0.4, -0.2) is 26.7 Å². The number of rotatable bonds is 2. The molecule has 2 aromatic heterocycles. The number of carbonyl (C=O) groups is 1. The average Bonchev–Trinajstić information content (AvgIpc) is 2.75. The Kier molecular flexibility index (Phi) is 3.89. The Balaban J connectivity index is 1.90. The summed E-state index contributed by atoms with van der Waals surface area (Å²) < 4.78 is 1.75. The lowest BCUT2D eigenvalue weighted by Crippen LogP contribution is -2.37. The molecule has 2 heterocycles. The van der Waals surface area contributed by atoms with Gasteiger partial charge in [0.1, 0.15) is 0 Å². The fourth-order valence-electron chi connectivity index (χ4n) is 3.42. The maximum atomic E-state index is 12.7. The predicted molar refractivity (Wildman–Crippen MR) is 86.9 cm³/mol. The van der Waals surface area contributed by atoms with Crippen molar-refractivity contribution in [3.05, 3.63) is 23.0 Å². The van der Waals surface area contributed by atoms with Gasteiger partial charge in [-0.15, -0.1) is 0 Å². The highest BCUT2D eigenvalue weighted by atomic mass is 16.1. The Morgan fingerprint density at radius 1 is 1.27 bits per heavy atom. The van der Waals surface area contributed by atoms with Crippen molar-refractivity contribution < 1.29 is 4.79 Å². The monoisotopic (exact) mass is 300 g/mol. The minimum absolute atomic E-state index is 0.00570. The van der Waals surface area contributed by atoms with E-state index in [2.05, 4.69) is 22.3 Å². The van der Waals surface area contributed by atoms with Crippen molar-refractivity contribution in [2.45, 2.75) is 52.5 Å². The Hall–Kier alpha value is -1.91. The molecule has 0 radical (unpaired) electrons. The molecule has 0 bridgehead atoms. The summed E-state index contributed by atoms with van der Waals surface area (Å²) in [6.07, 6.45) is 4.54. The lowest BCUT2D eigenvalue weighted by molar-refractivity contribution is 0.0924. The summed E-state index contributed by atoms with van der Waals surface area (Å²) in [4.78, 5) is 17.3. The molecule has 22 heavy (non-hydrogen) atoms. The van der Waals surface area contributed by atoms with Gasteiger partial charge in [-0.2, -0.15) is 5.10 Å². The van der Waals surface area contributed by atoms with Gasteiger partial charge in [-0.3, -0.25) is 9.48 Å². The van der Waals surface area contributed by atoms with E-state index in [1.54, 1.807) is 4.68 Å². The number of hydrogen-bond donors (Lipinski definition) is 1. The topological polar surface area (TPSA) is 59.8 Å². The number of hydrogen-bond acceptors (Lipinski definition) is 3. The lowest BCUT2D eigenvalue weighted by atomic mass is 9.87. The second-order valence-corrected chi connectivity index (χ2v) is 6.65. The van der Waals surface area contributed by atoms with Gasteiger partial charge in [0.15, 0.2) is 5.65 Å². The summed E-state index contributed by atoms with van der Waals surface area (Å²) in [5.74, 6) is 0.787. The van der Waals surface area contributed by atoms with Gasteiger partial charge in [0.25, 0.3) is 5.91 Å². The molecule has 1 fully saturated rings. The van der Waals surface area contributed by atoms with E-state index in [-0.39, 0.29) is 5.91 Å². The number of pyridine rings is 1. The summed E-state index contributed by atoms with van der Waals surface area (Å²) in [6.45, 7) is 6.13. The molecule has 3 rings (SSSR count). The zero-order valence-corrected chi connectivity index (χ0v) is 13.8. The molecule has 0 spiro atoms. The minimum Gasteiger partial charge on any atom is -0.349 e. The number of nitrogens with zero attached hydrogens (tertiary/aromatic N) is 3. The molecule has 0 unspecified atom stereocenters. The van der Waals surface area contributed by atoms with Crippen LogP contribution in [0.15, 0.2) is 6.07 Å². The first-order valence-electron chi connectivity index (χ1n) is 8.07. The van der Waals surface area contributed by atoms with E-state index in [1.165, 1.54) is 12.8 Å². The van der Waals surface area contributed by atoms with Crippen LogP contribution < -0.4 is 5.32 Å². The maximum Gasteiger partial charge on any atom is 0.252 e. The van der Waals surface area contributed by atoms with E-state index in [1.807, 2.05) is 27.0 Å². The fourth-order valence-corrected chi connectivity index (χ4v) is 3.42. The first-order chi connectivity index (χ1) is 10.5. The molecular weight excluding hydrogens is 276 g/mol. The Morgan fingerprint density at radius 3 is 2.64 bits per heavy atom. The van der Waals surface area contributed by atoms with Gasteiger partial charge >= 0.3 is 0 Å². The van der Waals surface area contributed by atoms with Crippen LogP contribution in [0.1, 0.15) is 54.4 Å². The minimum atomic E-state index is 0.00570. The first-order valence-corrected chi connectivity index (χ1v) is 8.07. The molecular formula is C17H24N4O. The third kappa shape index (κ3) is 2.72. The smallest absolute Gasteiger partial charge is 0.252 e. The van der Waals surface area contributed by atoms with E-state index in [0.29, 0.717) is 11.6 Å². The van der Waals surface area contributed by atoms with Crippen molar-refractivity contribution in [3.8, 4) is 0 Å². The normalized spacial score (nSPS) is 22.0. The molecule has 1 saturated carbocycles.